The summed E-state index contributed by atoms with van der Waals surface area (Å²) in [6.07, 6.45) is 8.03. The van der Waals surface area contributed by atoms with Crippen LogP contribution in [0.2, 0.25) is 0 Å². The molecule has 0 N–H and O–H groups in total. The van der Waals surface area contributed by atoms with Crippen LogP contribution in [0.4, 0.5) is 0 Å². The summed E-state index contributed by atoms with van der Waals surface area (Å²) >= 11 is 3.43. The van der Waals surface area contributed by atoms with Crippen molar-refractivity contribution >= 4 is 23.2 Å². The number of unbranched alkanes of at least 4 members (excludes halogenated alkanes) is 2. The average molecular weight is 463 g/mol. The summed E-state index contributed by atoms with van der Waals surface area (Å²) < 4.78 is 1.24. The standard InChI is InChI=1S/C20H26P.C2H4O2.Pd/c1-3-5-16-21(17-6-4-2)20-15-11-10-14-19(20)18-12-8-7-9-13-18;1-2(3)4;/h7-12,14-15H,3-6,16-17H2,1-2H3;1H3,(H,3,4);/q;;+1/p-1. The van der Waals surface area contributed by atoms with Crippen LogP contribution in [0.15, 0.2) is 48.5 Å². The molecule has 0 aromatic heterocycles. The van der Waals surface area contributed by atoms with E-state index >= 15 is 0 Å². The van der Waals surface area contributed by atoms with Gasteiger partial charge in [-0.05, 0) is 6.92 Å². The Kier molecular flexibility index (Phi) is 11.7. The van der Waals surface area contributed by atoms with Crippen LogP contribution in [0.1, 0.15) is 46.5 Å². The zero-order valence-electron chi connectivity index (χ0n) is 15.9. The summed E-state index contributed by atoms with van der Waals surface area (Å²) in [5.41, 5.74) is 2.78. The van der Waals surface area contributed by atoms with E-state index < -0.39 is 5.97 Å². The van der Waals surface area contributed by atoms with Gasteiger partial charge in [0.1, 0.15) is 0 Å². The number of carbonyl (C=O) groups is 1. The first-order chi connectivity index (χ1) is 12.5. The van der Waals surface area contributed by atoms with Crippen molar-refractivity contribution in [1.29, 1.82) is 0 Å². The minimum absolute atomic E-state index is 0.0410. The fraction of sp³-hybridized carbons (Fsp3) is 0.409. The molecular weight excluding hydrogens is 434 g/mol. The van der Waals surface area contributed by atoms with Crippen molar-refractivity contribution in [1.82, 2.24) is 0 Å². The zero-order chi connectivity index (χ0) is 19.4. The molecule has 0 unspecified atom stereocenters. The van der Waals surface area contributed by atoms with E-state index in [-0.39, 0.29) is 7.92 Å². The molecule has 144 valence electrons. The topological polar surface area (TPSA) is 40.1 Å². The van der Waals surface area contributed by atoms with Gasteiger partial charge in [0, 0.05) is 5.97 Å². The number of carbonyl (C=O) groups excluding carboxylic acids is 1. The molecule has 0 saturated carbocycles. The predicted molar refractivity (Wildman–Crippen MR) is 108 cm³/mol. The molecule has 0 aliphatic heterocycles. The van der Waals surface area contributed by atoms with E-state index in [2.05, 4.69) is 81.6 Å². The van der Waals surface area contributed by atoms with Gasteiger partial charge >= 0.3 is 148 Å². The van der Waals surface area contributed by atoms with Crippen molar-refractivity contribution in [2.75, 3.05) is 12.3 Å². The van der Waals surface area contributed by atoms with Crippen LogP contribution in [0.25, 0.3) is 11.1 Å². The van der Waals surface area contributed by atoms with Crippen LogP contribution in [0.5, 0.6) is 0 Å². The van der Waals surface area contributed by atoms with E-state index in [4.69, 9.17) is 9.90 Å². The summed E-state index contributed by atoms with van der Waals surface area (Å²) in [5, 5.41) is 10.5. The molecule has 0 aliphatic rings. The number of hydrogen-bond donors (Lipinski definition) is 0. The van der Waals surface area contributed by atoms with Crippen molar-refractivity contribution in [2.45, 2.75) is 46.5 Å². The SMILES string of the molecule is CC(=O)[O-].CCCCP(CCCC)c1ccccc1-c1cccc[c]1[Pd+]. The Labute approximate surface area is 170 Å². The van der Waals surface area contributed by atoms with Gasteiger partial charge in [0.15, 0.2) is 0 Å². The molecule has 0 amide bonds. The average Bonchev–Trinajstić information content (AvgIpc) is 2.62. The molecule has 0 aliphatic carbocycles. The Balaban J connectivity index is 0.000000765. The van der Waals surface area contributed by atoms with Gasteiger partial charge in [-0.1, -0.05) is 0 Å². The number of hydrogen-bond acceptors (Lipinski definition) is 2. The first-order valence-corrected chi connectivity index (χ1v) is 11.7. The van der Waals surface area contributed by atoms with Gasteiger partial charge < -0.3 is 9.90 Å². The van der Waals surface area contributed by atoms with E-state index in [9.17, 15) is 0 Å². The molecular formula is C22H29O2PPd. The Hall–Kier alpha value is -0.998. The van der Waals surface area contributed by atoms with Crippen LogP contribution in [-0.2, 0) is 24.0 Å². The van der Waals surface area contributed by atoms with E-state index in [0.29, 0.717) is 0 Å². The Bertz CT molecular complexity index is 661. The van der Waals surface area contributed by atoms with E-state index in [1.807, 2.05) is 0 Å². The van der Waals surface area contributed by atoms with Gasteiger partial charge in [0.05, 0.1) is 0 Å². The summed E-state index contributed by atoms with van der Waals surface area (Å²) in [6, 6.07) is 17.7. The van der Waals surface area contributed by atoms with Crippen LogP contribution >= 0.6 is 7.92 Å². The number of benzene rings is 2. The Morgan fingerprint density at radius 1 is 0.923 bits per heavy atom. The third-order valence-corrected chi connectivity index (χ3v) is 7.41. The summed E-state index contributed by atoms with van der Waals surface area (Å²) in [5.74, 6) is -1.08. The molecule has 0 heterocycles. The fourth-order valence-electron chi connectivity index (χ4n) is 2.69. The van der Waals surface area contributed by atoms with Crippen molar-refractivity contribution in [3.63, 3.8) is 0 Å². The first kappa shape index (κ1) is 23.0. The molecule has 2 nitrogen and oxygen atoms in total. The maximum atomic E-state index is 8.89. The van der Waals surface area contributed by atoms with Crippen LogP contribution in [-0.4, -0.2) is 18.3 Å². The second-order valence-electron chi connectivity index (χ2n) is 6.15. The van der Waals surface area contributed by atoms with Crippen LogP contribution in [0.3, 0.4) is 0 Å². The molecule has 2 aromatic carbocycles. The Morgan fingerprint density at radius 2 is 1.38 bits per heavy atom. The quantitative estimate of drug-likeness (QED) is 0.439. The van der Waals surface area contributed by atoms with Gasteiger partial charge in [0.2, 0.25) is 0 Å². The molecule has 0 saturated heterocycles. The van der Waals surface area contributed by atoms with Crippen molar-refractivity contribution in [3.8, 4) is 11.1 Å². The van der Waals surface area contributed by atoms with Crippen molar-refractivity contribution in [2.24, 2.45) is 0 Å². The van der Waals surface area contributed by atoms with Gasteiger partial charge in [0.25, 0.3) is 0 Å². The third-order valence-electron chi connectivity index (χ3n) is 3.95. The molecule has 26 heavy (non-hydrogen) atoms. The maximum absolute atomic E-state index is 8.89. The number of carboxylic acids is 1. The predicted octanol–water partition coefficient (Wildman–Crippen LogP) is 3.99. The van der Waals surface area contributed by atoms with E-state index in [1.165, 1.54) is 53.2 Å². The number of aliphatic carboxylic acids is 1. The number of carboxylic acid groups (broad SMARTS) is 1. The molecule has 0 atom stereocenters. The normalized spacial score (nSPS) is 10.4. The zero-order valence-corrected chi connectivity index (χ0v) is 18.4. The van der Waals surface area contributed by atoms with Crippen molar-refractivity contribution in [3.05, 3.63) is 48.5 Å². The molecule has 4 heteroatoms. The van der Waals surface area contributed by atoms with E-state index in [1.54, 1.807) is 5.30 Å². The number of rotatable bonds is 8. The molecule has 0 fully saturated rings. The Morgan fingerprint density at radius 3 is 1.88 bits per heavy atom. The van der Waals surface area contributed by atoms with Gasteiger partial charge in [-0.2, -0.15) is 0 Å². The monoisotopic (exact) mass is 462 g/mol. The van der Waals surface area contributed by atoms with Crippen LogP contribution in [0, 0.1) is 0 Å². The van der Waals surface area contributed by atoms with E-state index in [0.717, 1.165) is 6.92 Å². The van der Waals surface area contributed by atoms with Gasteiger partial charge in [-0.15, -0.1) is 0 Å². The molecule has 0 bridgehead atoms. The van der Waals surface area contributed by atoms with Crippen molar-refractivity contribution < 1.29 is 29.1 Å². The van der Waals surface area contributed by atoms with Gasteiger partial charge in [-0.25, -0.2) is 0 Å². The summed E-state index contributed by atoms with van der Waals surface area (Å²) in [4.78, 5) is 8.89. The molecule has 2 rings (SSSR count). The fourth-order valence-corrected chi connectivity index (χ4v) is 6.11. The summed E-state index contributed by atoms with van der Waals surface area (Å²) in [7, 11) is -0.0410. The van der Waals surface area contributed by atoms with Gasteiger partial charge in [-0.3, -0.25) is 0 Å². The minimum atomic E-state index is -1.08. The third kappa shape index (κ3) is 8.13. The first-order valence-electron chi connectivity index (χ1n) is 9.24. The second-order valence-corrected chi connectivity index (χ2v) is 9.44. The van der Waals surface area contributed by atoms with Crippen LogP contribution < -0.4 is 14.4 Å². The molecule has 0 radical (unpaired) electrons. The molecule has 2 aromatic rings. The summed E-state index contributed by atoms with van der Waals surface area (Å²) in [6.45, 7) is 5.57. The molecule has 0 spiro atoms. The second kappa shape index (κ2) is 13.2.